The van der Waals surface area contributed by atoms with E-state index >= 15 is 0 Å². The van der Waals surface area contributed by atoms with Crippen LogP contribution in [0.25, 0.3) is 6.08 Å². The summed E-state index contributed by atoms with van der Waals surface area (Å²) in [7, 11) is 1.59. The van der Waals surface area contributed by atoms with Crippen molar-refractivity contribution in [1.29, 1.82) is 0 Å². The van der Waals surface area contributed by atoms with Crippen LogP contribution in [-0.4, -0.2) is 18.9 Å². The van der Waals surface area contributed by atoms with Crippen LogP contribution in [0.15, 0.2) is 53.0 Å². The Hall–Kier alpha value is -2.60. The molecule has 0 aliphatic carbocycles. The number of methoxy groups -OCH3 is 1. The number of hydrogen-bond acceptors (Lipinski definition) is 3. The van der Waals surface area contributed by atoms with Crippen LogP contribution >= 0.6 is 15.9 Å². The lowest BCUT2D eigenvalue weighted by molar-refractivity contribution is -0.117. The van der Waals surface area contributed by atoms with Crippen molar-refractivity contribution in [2.75, 3.05) is 7.11 Å². The third-order valence-electron chi connectivity index (χ3n) is 3.28. The highest BCUT2D eigenvalue weighted by atomic mass is 79.9. The zero-order valence-corrected chi connectivity index (χ0v) is 14.9. The molecular weight excluding hydrogens is 372 g/mol. The van der Waals surface area contributed by atoms with E-state index in [-0.39, 0.29) is 5.91 Å². The lowest BCUT2D eigenvalue weighted by Gasteiger charge is -2.06. The zero-order valence-electron chi connectivity index (χ0n) is 13.3. The van der Waals surface area contributed by atoms with E-state index in [1.165, 1.54) is 6.08 Å². The molecule has 0 saturated carbocycles. The minimum absolute atomic E-state index is 0.387. The summed E-state index contributed by atoms with van der Waals surface area (Å²) in [6.07, 6.45) is 2.98. The van der Waals surface area contributed by atoms with Crippen molar-refractivity contribution >= 4 is 33.8 Å². The highest BCUT2D eigenvalue weighted by Gasteiger charge is 2.07. The fourth-order valence-electron chi connectivity index (χ4n) is 1.85. The van der Waals surface area contributed by atoms with Crippen molar-refractivity contribution in [2.45, 2.75) is 6.92 Å². The first-order valence-corrected chi connectivity index (χ1v) is 7.97. The lowest BCUT2D eigenvalue weighted by atomic mass is 10.1. The van der Waals surface area contributed by atoms with Gasteiger partial charge in [-0.05, 0) is 48.4 Å². The van der Waals surface area contributed by atoms with Crippen LogP contribution in [0.2, 0.25) is 0 Å². The Kier molecular flexibility index (Phi) is 6.14. The number of rotatable bonds is 4. The van der Waals surface area contributed by atoms with Crippen LogP contribution in [0.5, 0.6) is 5.75 Å². The predicted molar refractivity (Wildman–Crippen MR) is 96.5 cm³/mol. The molecule has 5 nitrogen and oxygen atoms in total. The van der Waals surface area contributed by atoms with Crippen LogP contribution in [0.1, 0.15) is 21.5 Å². The first-order chi connectivity index (χ1) is 11.5. The van der Waals surface area contributed by atoms with Crippen molar-refractivity contribution in [1.82, 2.24) is 10.9 Å². The second kappa shape index (κ2) is 8.31. The van der Waals surface area contributed by atoms with Gasteiger partial charge in [0.15, 0.2) is 0 Å². The SMILES string of the molecule is COc1ccc(C=CC(=O)NNC(=O)c2ccc(C)c(Br)c2)cc1. The summed E-state index contributed by atoms with van der Waals surface area (Å²) < 4.78 is 5.90. The lowest BCUT2D eigenvalue weighted by Crippen LogP contribution is -2.40. The standard InChI is InChI=1S/C18H17BrN2O3/c1-12-3-7-14(11-16(12)19)18(23)21-20-17(22)10-6-13-4-8-15(24-2)9-5-13/h3-11H,1-2H3,(H,20,22)(H,21,23). The van der Waals surface area contributed by atoms with Gasteiger partial charge in [-0.3, -0.25) is 20.4 Å². The minimum Gasteiger partial charge on any atom is -0.497 e. The summed E-state index contributed by atoms with van der Waals surface area (Å²) in [6, 6.07) is 12.5. The van der Waals surface area contributed by atoms with Crippen molar-refractivity contribution in [3.8, 4) is 5.75 Å². The highest BCUT2D eigenvalue weighted by molar-refractivity contribution is 9.10. The van der Waals surface area contributed by atoms with Crippen LogP contribution in [0.4, 0.5) is 0 Å². The molecule has 0 aromatic heterocycles. The first-order valence-electron chi connectivity index (χ1n) is 7.18. The second-order valence-electron chi connectivity index (χ2n) is 5.01. The maximum Gasteiger partial charge on any atom is 0.269 e. The van der Waals surface area contributed by atoms with Gasteiger partial charge < -0.3 is 4.74 Å². The molecule has 0 bridgehead atoms. The summed E-state index contributed by atoms with van der Waals surface area (Å²) in [5, 5.41) is 0. The number of hydrogen-bond donors (Lipinski definition) is 2. The Morgan fingerprint density at radius 3 is 2.42 bits per heavy atom. The number of halogens is 1. The fourth-order valence-corrected chi connectivity index (χ4v) is 2.23. The van der Waals surface area contributed by atoms with E-state index in [1.54, 1.807) is 37.5 Å². The summed E-state index contributed by atoms with van der Waals surface area (Å²) in [5.41, 5.74) is 7.04. The molecule has 0 fully saturated rings. The Morgan fingerprint density at radius 1 is 1.08 bits per heavy atom. The first kappa shape index (κ1) is 17.7. The molecule has 2 N–H and O–H groups in total. The van der Waals surface area contributed by atoms with E-state index in [0.29, 0.717) is 5.56 Å². The number of carbonyl (C=O) groups excluding carboxylic acids is 2. The van der Waals surface area contributed by atoms with Crippen molar-refractivity contribution in [3.63, 3.8) is 0 Å². The number of aryl methyl sites for hydroxylation is 1. The normalized spacial score (nSPS) is 10.5. The Balaban J connectivity index is 1.88. The van der Waals surface area contributed by atoms with E-state index in [4.69, 9.17) is 4.74 Å². The van der Waals surface area contributed by atoms with Gasteiger partial charge in [0.25, 0.3) is 11.8 Å². The van der Waals surface area contributed by atoms with E-state index in [9.17, 15) is 9.59 Å². The molecule has 2 aromatic rings. The summed E-state index contributed by atoms with van der Waals surface area (Å²) in [6.45, 7) is 1.93. The zero-order chi connectivity index (χ0) is 17.5. The minimum atomic E-state index is -0.426. The van der Waals surface area contributed by atoms with Gasteiger partial charge >= 0.3 is 0 Å². The van der Waals surface area contributed by atoms with E-state index in [2.05, 4.69) is 26.8 Å². The molecule has 124 valence electrons. The number of hydrazine groups is 1. The monoisotopic (exact) mass is 388 g/mol. The van der Waals surface area contributed by atoms with Gasteiger partial charge in [-0.15, -0.1) is 0 Å². The average molecular weight is 389 g/mol. The molecule has 24 heavy (non-hydrogen) atoms. The molecule has 0 radical (unpaired) electrons. The van der Waals surface area contributed by atoms with E-state index in [0.717, 1.165) is 21.3 Å². The Labute approximate surface area is 148 Å². The van der Waals surface area contributed by atoms with Crippen LogP contribution in [0, 0.1) is 6.92 Å². The smallest absolute Gasteiger partial charge is 0.269 e. The molecule has 0 heterocycles. The van der Waals surface area contributed by atoms with Crippen molar-refractivity contribution in [2.24, 2.45) is 0 Å². The predicted octanol–water partition coefficient (Wildman–Crippen LogP) is 3.24. The third-order valence-corrected chi connectivity index (χ3v) is 4.13. The van der Waals surface area contributed by atoms with Crippen molar-refractivity contribution in [3.05, 3.63) is 69.7 Å². The molecule has 6 heteroatoms. The molecule has 0 atom stereocenters. The quantitative estimate of drug-likeness (QED) is 0.623. The van der Waals surface area contributed by atoms with Crippen LogP contribution in [-0.2, 0) is 4.79 Å². The number of benzene rings is 2. The molecule has 2 rings (SSSR count). The maximum atomic E-state index is 12.0. The fraction of sp³-hybridized carbons (Fsp3) is 0.111. The largest absolute Gasteiger partial charge is 0.497 e. The number of carbonyl (C=O) groups is 2. The van der Waals surface area contributed by atoms with Gasteiger partial charge in [0.1, 0.15) is 5.75 Å². The van der Waals surface area contributed by atoms with Gasteiger partial charge in [-0.1, -0.05) is 34.1 Å². The molecule has 0 unspecified atom stereocenters. The van der Waals surface area contributed by atoms with Gasteiger partial charge in [0, 0.05) is 16.1 Å². The maximum absolute atomic E-state index is 12.0. The summed E-state index contributed by atoms with van der Waals surface area (Å²) in [4.78, 5) is 23.7. The van der Waals surface area contributed by atoms with E-state index < -0.39 is 5.91 Å². The van der Waals surface area contributed by atoms with Gasteiger partial charge in [-0.25, -0.2) is 0 Å². The number of nitrogens with one attached hydrogen (secondary N) is 2. The summed E-state index contributed by atoms with van der Waals surface area (Å²) in [5.74, 6) is -0.0691. The second-order valence-corrected chi connectivity index (χ2v) is 5.87. The topological polar surface area (TPSA) is 67.4 Å². The summed E-state index contributed by atoms with van der Waals surface area (Å²) >= 11 is 3.37. The highest BCUT2D eigenvalue weighted by Crippen LogP contribution is 2.17. The molecule has 2 aromatic carbocycles. The van der Waals surface area contributed by atoms with Crippen LogP contribution < -0.4 is 15.6 Å². The van der Waals surface area contributed by atoms with Crippen molar-refractivity contribution < 1.29 is 14.3 Å². The molecule has 2 amide bonds. The Morgan fingerprint density at radius 2 is 1.79 bits per heavy atom. The van der Waals surface area contributed by atoms with Crippen LogP contribution in [0.3, 0.4) is 0 Å². The molecular formula is C18H17BrN2O3. The molecule has 0 spiro atoms. The van der Waals surface area contributed by atoms with Gasteiger partial charge in [0.2, 0.25) is 0 Å². The third kappa shape index (κ3) is 4.96. The van der Waals surface area contributed by atoms with E-state index in [1.807, 2.05) is 25.1 Å². The van der Waals surface area contributed by atoms with Gasteiger partial charge in [-0.2, -0.15) is 0 Å². The molecule has 0 aliphatic rings. The average Bonchev–Trinajstić information content (AvgIpc) is 2.60. The number of ether oxygens (including phenoxy) is 1. The van der Waals surface area contributed by atoms with Gasteiger partial charge in [0.05, 0.1) is 7.11 Å². The molecule has 0 saturated heterocycles. The molecule has 0 aliphatic heterocycles. The Bertz CT molecular complexity index is 770. The number of amides is 2.